The Morgan fingerprint density at radius 3 is 2.13 bits per heavy atom. The van der Waals surface area contributed by atoms with Crippen molar-refractivity contribution in [2.75, 3.05) is 10.0 Å². The first-order valence-corrected chi connectivity index (χ1v) is 8.58. The van der Waals surface area contributed by atoms with Crippen LogP contribution < -0.4 is 10.0 Å². The van der Waals surface area contributed by atoms with Crippen LogP contribution in [-0.4, -0.2) is 28.1 Å². The monoisotopic (exact) mass is 394 g/mol. The summed E-state index contributed by atoms with van der Waals surface area (Å²) in [5.74, 6) is -0.907. The Kier molecular flexibility index (Phi) is 5.30. The van der Waals surface area contributed by atoms with Crippen molar-refractivity contribution < 1.29 is 13.2 Å². The number of rotatable bonds is 4. The van der Waals surface area contributed by atoms with E-state index in [0.717, 1.165) is 0 Å². The van der Waals surface area contributed by atoms with Gasteiger partial charge in [0.2, 0.25) is 5.95 Å². The highest BCUT2D eigenvalue weighted by atomic mass is 35.6. The minimum absolute atomic E-state index is 0.0446. The molecular formula is C12H9Cl3N4O3S. The summed E-state index contributed by atoms with van der Waals surface area (Å²) in [7, 11) is -3.85. The van der Waals surface area contributed by atoms with E-state index >= 15 is 0 Å². The lowest BCUT2D eigenvalue weighted by Gasteiger charge is -2.12. The second kappa shape index (κ2) is 6.88. The number of aromatic nitrogens is 2. The molecule has 7 nitrogen and oxygen atoms in total. The number of halogens is 3. The maximum atomic E-state index is 12.2. The number of hydrogen-bond donors (Lipinski definition) is 2. The molecule has 0 aliphatic heterocycles. The molecule has 0 aliphatic rings. The third-order valence-corrected chi connectivity index (χ3v) is 4.33. The highest BCUT2D eigenvalue weighted by Gasteiger charge is 2.30. The van der Waals surface area contributed by atoms with Gasteiger partial charge in [0.25, 0.3) is 19.7 Å². The molecule has 1 amide bonds. The van der Waals surface area contributed by atoms with Crippen LogP contribution in [0.25, 0.3) is 0 Å². The minimum atomic E-state index is -3.85. The highest BCUT2D eigenvalue weighted by molar-refractivity contribution is 7.92. The number of carbonyl (C=O) groups is 1. The molecule has 1 aromatic carbocycles. The number of anilines is 2. The van der Waals surface area contributed by atoms with Gasteiger partial charge in [-0.25, -0.2) is 23.1 Å². The number of hydrogen-bond acceptors (Lipinski definition) is 5. The normalized spacial score (nSPS) is 11.8. The summed E-state index contributed by atoms with van der Waals surface area (Å²) in [5, 5.41) is 2.34. The smallest absolute Gasteiger partial charge is 0.276 e. The number of alkyl halides is 3. The first kappa shape index (κ1) is 17.7. The molecule has 2 rings (SSSR count). The van der Waals surface area contributed by atoms with Crippen molar-refractivity contribution in [1.29, 1.82) is 0 Å². The Bertz CT molecular complexity index is 793. The number of sulfonamides is 1. The van der Waals surface area contributed by atoms with Crippen LogP contribution in [-0.2, 0) is 14.8 Å². The molecule has 2 N–H and O–H groups in total. The standard InChI is InChI=1S/C12H9Cl3N4O3S/c13-12(14,15)10(20)18-8-2-4-9(5-3-8)23(21,22)19-11-16-6-1-7-17-11/h1-7H,(H,18,20)(H,16,17,19). The fraction of sp³-hybridized carbons (Fsp3) is 0.0833. The van der Waals surface area contributed by atoms with Crippen molar-refractivity contribution in [3.05, 3.63) is 42.7 Å². The van der Waals surface area contributed by atoms with Crippen LogP contribution in [0.2, 0.25) is 0 Å². The first-order valence-electron chi connectivity index (χ1n) is 5.96. The van der Waals surface area contributed by atoms with Gasteiger partial charge in [-0.05, 0) is 30.3 Å². The molecule has 0 saturated heterocycles. The summed E-state index contributed by atoms with van der Waals surface area (Å²) in [4.78, 5) is 19.0. The molecule has 0 saturated carbocycles. The number of benzene rings is 1. The van der Waals surface area contributed by atoms with Crippen LogP contribution in [0.5, 0.6) is 0 Å². The largest absolute Gasteiger partial charge is 0.322 e. The maximum absolute atomic E-state index is 12.2. The predicted octanol–water partition coefficient (Wildman–Crippen LogP) is 2.59. The summed E-state index contributed by atoms with van der Waals surface area (Å²) in [5.41, 5.74) is 0.274. The van der Waals surface area contributed by atoms with E-state index in [4.69, 9.17) is 34.8 Å². The number of amides is 1. The molecule has 23 heavy (non-hydrogen) atoms. The van der Waals surface area contributed by atoms with Gasteiger partial charge in [0.05, 0.1) is 4.90 Å². The molecule has 0 unspecified atom stereocenters. The van der Waals surface area contributed by atoms with Crippen molar-refractivity contribution in [2.24, 2.45) is 0 Å². The van der Waals surface area contributed by atoms with E-state index in [-0.39, 0.29) is 16.5 Å². The molecule has 0 radical (unpaired) electrons. The van der Waals surface area contributed by atoms with Crippen molar-refractivity contribution in [2.45, 2.75) is 8.69 Å². The summed E-state index contributed by atoms with van der Waals surface area (Å²) in [6.07, 6.45) is 2.81. The molecule has 0 aliphatic carbocycles. The van der Waals surface area contributed by atoms with E-state index in [1.54, 1.807) is 6.07 Å². The summed E-state index contributed by atoms with van der Waals surface area (Å²) in [6.45, 7) is 0. The van der Waals surface area contributed by atoms with Gasteiger partial charge in [0.15, 0.2) is 0 Å². The Morgan fingerprint density at radius 2 is 1.61 bits per heavy atom. The number of carbonyl (C=O) groups excluding carboxylic acids is 1. The molecular weight excluding hydrogens is 387 g/mol. The lowest BCUT2D eigenvalue weighted by molar-refractivity contribution is -0.115. The van der Waals surface area contributed by atoms with Crippen molar-refractivity contribution in [1.82, 2.24) is 9.97 Å². The van der Waals surface area contributed by atoms with E-state index in [0.29, 0.717) is 0 Å². The molecule has 2 aromatic rings. The van der Waals surface area contributed by atoms with Crippen LogP contribution >= 0.6 is 34.8 Å². The predicted molar refractivity (Wildman–Crippen MR) is 88.2 cm³/mol. The second-order valence-corrected chi connectivity index (χ2v) is 8.12. The maximum Gasteiger partial charge on any atom is 0.276 e. The van der Waals surface area contributed by atoms with Gasteiger partial charge in [-0.1, -0.05) is 34.8 Å². The second-order valence-electron chi connectivity index (χ2n) is 4.15. The number of nitrogens with zero attached hydrogens (tertiary/aromatic N) is 2. The van der Waals surface area contributed by atoms with Gasteiger partial charge in [-0.3, -0.25) is 4.79 Å². The zero-order valence-corrected chi connectivity index (χ0v) is 14.3. The van der Waals surface area contributed by atoms with E-state index in [2.05, 4.69) is 20.0 Å². The Hall–Kier alpha value is -1.61. The molecule has 1 aromatic heterocycles. The van der Waals surface area contributed by atoms with E-state index in [9.17, 15) is 13.2 Å². The average Bonchev–Trinajstić information content (AvgIpc) is 2.47. The fourth-order valence-electron chi connectivity index (χ4n) is 1.45. The molecule has 0 bridgehead atoms. The summed E-state index contributed by atoms with van der Waals surface area (Å²) < 4.78 is 24.4. The lowest BCUT2D eigenvalue weighted by atomic mass is 10.3. The zero-order valence-electron chi connectivity index (χ0n) is 11.2. The first-order chi connectivity index (χ1) is 10.7. The quantitative estimate of drug-likeness (QED) is 0.775. The molecule has 0 fully saturated rings. The lowest BCUT2D eigenvalue weighted by Crippen LogP contribution is -2.26. The third-order valence-electron chi connectivity index (χ3n) is 2.47. The van der Waals surface area contributed by atoms with Gasteiger partial charge in [0.1, 0.15) is 0 Å². The van der Waals surface area contributed by atoms with E-state index in [1.165, 1.54) is 36.7 Å². The van der Waals surface area contributed by atoms with Crippen LogP contribution in [0.1, 0.15) is 0 Å². The Labute approximate surface area is 147 Å². The average molecular weight is 396 g/mol. The fourth-order valence-corrected chi connectivity index (χ4v) is 2.55. The minimum Gasteiger partial charge on any atom is -0.322 e. The van der Waals surface area contributed by atoms with Gasteiger partial charge in [-0.2, -0.15) is 0 Å². The van der Waals surface area contributed by atoms with Crippen LogP contribution in [0, 0.1) is 0 Å². The molecule has 1 heterocycles. The zero-order chi connectivity index (χ0) is 17.1. The molecule has 0 atom stereocenters. The molecule has 122 valence electrons. The Morgan fingerprint density at radius 1 is 1.04 bits per heavy atom. The van der Waals surface area contributed by atoms with Crippen molar-refractivity contribution in [3.8, 4) is 0 Å². The van der Waals surface area contributed by atoms with Gasteiger partial charge in [-0.15, -0.1) is 0 Å². The highest BCUT2D eigenvalue weighted by Crippen LogP contribution is 2.28. The van der Waals surface area contributed by atoms with E-state index in [1.807, 2.05) is 0 Å². The van der Waals surface area contributed by atoms with Gasteiger partial charge in [0, 0.05) is 18.1 Å². The third kappa shape index (κ3) is 4.93. The van der Waals surface area contributed by atoms with Gasteiger partial charge < -0.3 is 5.32 Å². The van der Waals surface area contributed by atoms with Gasteiger partial charge >= 0.3 is 0 Å². The topological polar surface area (TPSA) is 101 Å². The Balaban J connectivity index is 2.14. The van der Waals surface area contributed by atoms with Crippen LogP contribution in [0.3, 0.4) is 0 Å². The molecule has 11 heteroatoms. The van der Waals surface area contributed by atoms with Crippen LogP contribution in [0.15, 0.2) is 47.6 Å². The van der Waals surface area contributed by atoms with Crippen LogP contribution in [0.4, 0.5) is 11.6 Å². The SMILES string of the molecule is O=C(Nc1ccc(S(=O)(=O)Nc2ncccn2)cc1)C(Cl)(Cl)Cl. The van der Waals surface area contributed by atoms with Crippen molar-refractivity contribution in [3.63, 3.8) is 0 Å². The van der Waals surface area contributed by atoms with Crippen molar-refractivity contribution >= 4 is 62.4 Å². The number of nitrogens with one attached hydrogen (secondary N) is 2. The van der Waals surface area contributed by atoms with E-state index < -0.39 is 19.7 Å². The molecule has 0 spiro atoms. The summed E-state index contributed by atoms with van der Waals surface area (Å²) in [6, 6.07) is 6.82. The summed E-state index contributed by atoms with van der Waals surface area (Å²) >= 11 is 16.3.